The minimum Gasteiger partial charge on any atom is -0.386 e. The fourth-order valence-corrected chi connectivity index (χ4v) is 3.36. The number of nitrogens with one attached hydrogen (secondary N) is 1. The Kier molecular flexibility index (Phi) is 5.43. The molecule has 5 heteroatoms. The van der Waals surface area contributed by atoms with Crippen LogP contribution >= 0.6 is 0 Å². The summed E-state index contributed by atoms with van der Waals surface area (Å²) in [5.41, 5.74) is 3.86. The number of hydrogen-bond donors (Lipinski definition) is 2. The summed E-state index contributed by atoms with van der Waals surface area (Å²) < 4.78 is 0. The van der Waals surface area contributed by atoms with Crippen LogP contribution in [0.5, 0.6) is 0 Å². The maximum absolute atomic E-state index is 10.3. The highest BCUT2D eigenvalue weighted by molar-refractivity contribution is 5.49. The molecule has 0 atom stereocenters. The molecule has 1 aliphatic rings. The number of benzene rings is 1. The lowest BCUT2D eigenvalue weighted by atomic mass is 9.91. The van der Waals surface area contributed by atoms with Gasteiger partial charge in [-0.1, -0.05) is 32.0 Å². The zero-order chi connectivity index (χ0) is 19.8. The lowest BCUT2D eigenvalue weighted by Crippen LogP contribution is -2.32. The molecule has 146 valence electrons. The van der Waals surface area contributed by atoms with Gasteiger partial charge in [-0.05, 0) is 56.7 Å². The van der Waals surface area contributed by atoms with Crippen LogP contribution in [0.25, 0.3) is 0 Å². The maximum Gasteiger partial charge on any atom is 0.225 e. The van der Waals surface area contributed by atoms with Crippen molar-refractivity contribution in [3.63, 3.8) is 0 Å². The molecule has 1 aromatic carbocycles. The van der Waals surface area contributed by atoms with Crippen molar-refractivity contribution in [2.24, 2.45) is 0 Å². The third-order valence-corrected chi connectivity index (χ3v) is 4.99. The van der Waals surface area contributed by atoms with Gasteiger partial charge < -0.3 is 15.3 Å². The molecule has 2 heterocycles. The van der Waals surface area contributed by atoms with Crippen LogP contribution in [0.3, 0.4) is 0 Å². The van der Waals surface area contributed by atoms with Gasteiger partial charge in [0.2, 0.25) is 5.95 Å². The van der Waals surface area contributed by atoms with E-state index in [-0.39, 0.29) is 0 Å². The number of aromatic nitrogens is 2. The second kappa shape index (κ2) is 7.47. The molecule has 5 nitrogen and oxygen atoms in total. The zero-order valence-electron chi connectivity index (χ0n) is 17.4. The van der Waals surface area contributed by atoms with Crippen LogP contribution in [0, 0.1) is 0 Å². The quantitative estimate of drug-likeness (QED) is 0.828. The Labute approximate surface area is 162 Å². The van der Waals surface area contributed by atoms with E-state index in [1.165, 1.54) is 11.1 Å². The average molecular weight is 369 g/mol. The number of hydrogen-bond acceptors (Lipinski definition) is 5. The van der Waals surface area contributed by atoms with Crippen molar-refractivity contribution in [2.75, 3.05) is 16.8 Å². The van der Waals surface area contributed by atoms with Gasteiger partial charge in [0.1, 0.15) is 5.82 Å². The summed E-state index contributed by atoms with van der Waals surface area (Å²) in [6, 6.07) is 8.74. The first-order valence-electron chi connectivity index (χ1n) is 9.88. The van der Waals surface area contributed by atoms with Crippen LogP contribution in [-0.2, 0) is 18.6 Å². The Morgan fingerprint density at radius 1 is 1.07 bits per heavy atom. The molecule has 27 heavy (non-hydrogen) atoms. The largest absolute Gasteiger partial charge is 0.386 e. The van der Waals surface area contributed by atoms with Crippen LogP contribution in [0.2, 0.25) is 0 Å². The summed E-state index contributed by atoms with van der Waals surface area (Å²) in [7, 11) is 0. The van der Waals surface area contributed by atoms with Crippen LogP contribution in [-0.4, -0.2) is 27.7 Å². The predicted octanol–water partition coefficient (Wildman–Crippen LogP) is 4.21. The Hall–Kier alpha value is -2.14. The van der Waals surface area contributed by atoms with Crippen LogP contribution < -0.4 is 10.2 Å². The number of fused-ring (bicyclic) bond motifs is 1. The van der Waals surface area contributed by atoms with Gasteiger partial charge in [0.25, 0.3) is 0 Å². The van der Waals surface area contributed by atoms with Gasteiger partial charge in [0.05, 0.1) is 11.3 Å². The molecule has 0 unspecified atom stereocenters. The second-order valence-electron chi connectivity index (χ2n) is 8.64. The molecule has 0 spiro atoms. The summed E-state index contributed by atoms with van der Waals surface area (Å²) in [6.07, 6.45) is 0.952. The summed E-state index contributed by atoms with van der Waals surface area (Å²) in [5.74, 6) is 2.04. The Balaban J connectivity index is 1.89. The van der Waals surface area contributed by atoms with Crippen LogP contribution in [0.4, 0.5) is 11.8 Å². The predicted molar refractivity (Wildman–Crippen MR) is 111 cm³/mol. The van der Waals surface area contributed by atoms with Gasteiger partial charge in [0, 0.05) is 25.2 Å². The molecule has 0 aliphatic carbocycles. The van der Waals surface area contributed by atoms with E-state index in [1.54, 1.807) is 0 Å². The van der Waals surface area contributed by atoms with Crippen molar-refractivity contribution in [1.82, 2.24) is 9.97 Å². The van der Waals surface area contributed by atoms with Crippen LogP contribution in [0.1, 0.15) is 69.8 Å². The molecule has 0 radical (unpaired) electrons. The maximum atomic E-state index is 10.3. The summed E-state index contributed by atoms with van der Waals surface area (Å²) in [6.45, 7) is 13.9. The molecular formula is C22H32N4O. The summed E-state index contributed by atoms with van der Waals surface area (Å²) in [4.78, 5) is 11.8. The van der Waals surface area contributed by atoms with Gasteiger partial charge in [-0.2, -0.15) is 4.98 Å². The fraction of sp³-hybridized carbons (Fsp3) is 0.545. The first-order chi connectivity index (χ1) is 12.6. The third-order valence-electron chi connectivity index (χ3n) is 4.99. The summed E-state index contributed by atoms with van der Waals surface area (Å²) in [5, 5.41) is 13.6. The topological polar surface area (TPSA) is 61.3 Å². The van der Waals surface area contributed by atoms with Crippen LogP contribution in [0.15, 0.2) is 24.3 Å². The van der Waals surface area contributed by atoms with Gasteiger partial charge >= 0.3 is 0 Å². The minimum atomic E-state index is -0.803. The third kappa shape index (κ3) is 4.59. The highest BCUT2D eigenvalue weighted by Gasteiger charge is 2.23. The van der Waals surface area contributed by atoms with E-state index in [4.69, 9.17) is 4.98 Å². The Morgan fingerprint density at radius 3 is 2.44 bits per heavy atom. The number of anilines is 2. The molecule has 0 amide bonds. The van der Waals surface area contributed by atoms with E-state index < -0.39 is 5.60 Å². The van der Waals surface area contributed by atoms with Crippen molar-refractivity contribution >= 4 is 11.8 Å². The molecule has 2 N–H and O–H groups in total. The second-order valence-corrected chi connectivity index (χ2v) is 8.64. The van der Waals surface area contributed by atoms with Crippen molar-refractivity contribution in [3.05, 3.63) is 46.6 Å². The first kappa shape index (κ1) is 19.6. The summed E-state index contributed by atoms with van der Waals surface area (Å²) >= 11 is 0. The van der Waals surface area contributed by atoms with Gasteiger partial charge in [0.15, 0.2) is 0 Å². The van der Waals surface area contributed by atoms with E-state index >= 15 is 0 Å². The average Bonchev–Trinajstić information content (AvgIpc) is 2.59. The smallest absolute Gasteiger partial charge is 0.225 e. The Morgan fingerprint density at radius 2 is 1.81 bits per heavy atom. The molecule has 1 aliphatic heterocycles. The normalized spacial score (nSPS) is 14.6. The van der Waals surface area contributed by atoms with E-state index in [9.17, 15) is 5.11 Å². The van der Waals surface area contributed by atoms with E-state index in [0.29, 0.717) is 17.9 Å². The van der Waals surface area contributed by atoms with Gasteiger partial charge in [-0.3, -0.25) is 0 Å². The fourth-order valence-electron chi connectivity index (χ4n) is 3.36. The molecule has 0 bridgehead atoms. The molecule has 0 saturated heterocycles. The molecule has 0 fully saturated rings. The SMILES string of the molecule is CC(C)Nc1nc(C(C)C)cc(N2CCc3cc(C(C)(C)O)ccc3C2)n1. The monoisotopic (exact) mass is 368 g/mol. The lowest BCUT2D eigenvalue weighted by molar-refractivity contribution is 0.0785. The molecule has 1 aromatic heterocycles. The van der Waals surface area contributed by atoms with Crippen molar-refractivity contribution in [2.45, 2.75) is 72.1 Å². The van der Waals surface area contributed by atoms with Crippen molar-refractivity contribution in [1.29, 1.82) is 0 Å². The first-order valence-corrected chi connectivity index (χ1v) is 9.88. The molecule has 0 saturated carbocycles. The number of rotatable bonds is 5. The Bertz CT molecular complexity index is 808. The highest BCUT2D eigenvalue weighted by atomic mass is 16.3. The highest BCUT2D eigenvalue weighted by Crippen LogP contribution is 2.29. The van der Waals surface area contributed by atoms with E-state index in [1.807, 2.05) is 19.9 Å². The van der Waals surface area contributed by atoms with Gasteiger partial charge in [-0.25, -0.2) is 4.98 Å². The minimum absolute atomic E-state index is 0.294. The molecule has 2 aromatic rings. The standard InChI is InChI=1S/C22H32N4O/c1-14(2)19-12-20(25-21(24-19)23-15(3)4)26-10-9-16-11-18(22(5,6)27)8-7-17(16)13-26/h7-8,11-12,14-15,27H,9-10,13H2,1-6H3,(H,23,24,25). The number of nitrogens with zero attached hydrogens (tertiary/aromatic N) is 3. The van der Waals surface area contributed by atoms with Crippen molar-refractivity contribution < 1.29 is 5.11 Å². The number of aliphatic hydroxyl groups is 1. The van der Waals surface area contributed by atoms with E-state index in [2.05, 4.69) is 61.1 Å². The molecule has 3 rings (SSSR count). The molecular weight excluding hydrogens is 336 g/mol. The zero-order valence-corrected chi connectivity index (χ0v) is 17.4. The van der Waals surface area contributed by atoms with E-state index in [0.717, 1.165) is 36.6 Å². The lowest BCUT2D eigenvalue weighted by Gasteiger charge is -2.31. The van der Waals surface area contributed by atoms with Crippen molar-refractivity contribution in [3.8, 4) is 0 Å². The van der Waals surface area contributed by atoms with Gasteiger partial charge in [-0.15, -0.1) is 0 Å².